The Bertz CT molecular complexity index is 598. The minimum Gasteiger partial charge on any atom is -0.456 e. The molecule has 7 heteroatoms. The first-order valence-electron chi connectivity index (χ1n) is 7.56. The van der Waals surface area contributed by atoms with Gasteiger partial charge in [-0.25, -0.2) is 0 Å². The highest BCUT2D eigenvalue weighted by atomic mass is 16.6. The van der Waals surface area contributed by atoms with Gasteiger partial charge in [0.1, 0.15) is 6.10 Å². The highest BCUT2D eigenvalue weighted by molar-refractivity contribution is 5.68. The average molecular weight is 336 g/mol. The van der Waals surface area contributed by atoms with Gasteiger partial charge in [0.05, 0.1) is 6.61 Å². The van der Waals surface area contributed by atoms with E-state index in [9.17, 15) is 14.4 Å². The summed E-state index contributed by atoms with van der Waals surface area (Å²) >= 11 is 0. The van der Waals surface area contributed by atoms with Crippen molar-refractivity contribution in [2.45, 2.75) is 45.2 Å². The summed E-state index contributed by atoms with van der Waals surface area (Å²) in [6.45, 7) is 3.76. The highest BCUT2D eigenvalue weighted by Crippen LogP contribution is 2.34. The number of carbonyl (C=O) groups excluding carboxylic acids is 3. The summed E-state index contributed by atoms with van der Waals surface area (Å²) in [6.07, 6.45) is -3.36. The van der Waals surface area contributed by atoms with Gasteiger partial charge in [-0.1, -0.05) is 30.3 Å². The van der Waals surface area contributed by atoms with E-state index in [1.807, 2.05) is 30.3 Å². The van der Waals surface area contributed by atoms with Crippen molar-refractivity contribution in [1.82, 2.24) is 0 Å². The third-order valence-electron chi connectivity index (χ3n) is 3.48. The van der Waals surface area contributed by atoms with E-state index < -0.39 is 42.3 Å². The predicted octanol–water partition coefficient (Wildman–Crippen LogP) is 1.55. The molecule has 2 rings (SSSR count). The van der Waals surface area contributed by atoms with Crippen molar-refractivity contribution in [2.24, 2.45) is 0 Å². The first kappa shape index (κ1) is 17.9. The van der Waals surface area contributed by atoms with Gasteiger partial charge < -0.3 is 18.9 Å². The van der Waals surface area contributed by atoms with E-state index in [0.29, 0.717) is 0 Å². The van der Waals surface area contributed by atoms with E-state index >= 15 is 0 Å². The topological polar surface area (TPSA) is 88.1 Å². The van der Waals surface area contributed by atoms with E-state index in [4.69, 9.17) is 18.9 Å². The molecule has 1 aromatic carbocycles. The van der Waals surface area contributed by atoms with Crippen LogP contribution < -0.4 is 0 Å². The Morgan fingerprint density at radius 2 is 1.42 bits per heavy atom. The van der Waals surface area contributed by atoms with Gasteiger partial charge in [0.25, 0.3) is 0 Å². The van der Waals surface area contributed by atoms with Crippen molar-refractivity contribution in [3.8, 4) is 0 Å². The Kier molecular flexibility index (Phi) is 5.92. The van der Waals surface area contributed by atoms with Crippen molar-refractivity contribution in [2.75, 3.05) is 6.61 Å². The standard InChI is InChI=1S/C17H20O7/c1-10(18)22-14-9-21-15(13-7-5-4-6-8-13)17(24-12(3)20)16(14)23-11(2)19/h4-8,14-17H,9H2,1-3H3. The second-order valence-electron chi connectivity index (χ2n) is 5.46. The van der Waals surface area contributed by atoms with Gasteiger partial charge in [-0.2, -0.15) is 0 Å². The Labute approximate surface area is 139 Å². The third kappa shape index (κ3) is 4.55. The maximum atomic E-state index is 11.5. The lowest BCUT2D eigenvalue weighted by atomic mass is 9.94. The molecule has 0 amide bonds. The largest absolute Gasteiger partial charge is 0.456 e. The van der Waals surface area contributed by atoms with Crippen LogP contribution in [-0.4, -0.2) is 42.8 Å². The monoisotopic (exact) mass is 336 g/mol. The first-order valence-corrected chi connectivity index (χ1v) is 7.56. The summed E-state index contributed by atoms with van der Waals surface area (Å²) in [5, 5.41) is 0. The summed E-state index contributed by atoms with van der Waals surface area (Å²) in [4.78, 5) is 34.3. The molecule has 0 saturated carbocycles. The molecule has 1 saturated heterocycles. The van der Waals surface area contributed by atoms with Gasteiger partial charge in [0, 0.05) is 20.8 Å². The van der Waals surface area contributed by atoms with Gasteiger partial charge >= 0.3 is 17.9 Å². The molecule has 0 bridgehead atoms. The van der Waals surface area contributed by atoms with Crippen LogP contribution in [0.3, 0.4) is 0 Å². The summed E-state index contributed by atoms with van der Waals surface area (Å²) in [7, 11) is 0. The van der Waals surface area contributed by atoms with Crippen molar-refractivity contribution in [3.05, 3.63) is 35.9 Å². The van der Waals surface area contributed by atoms with Crippen molar-refractivity contribution >= 4 is 17.9 Å². The van der Waals surface area contributed by atoms with E-state index in [1.165, 1.54) is 20.8 Å². The summed E-state index contributed by atoms with van der Waals surface area (Å²) in [5.74, 6) is -1.66. The van der Waals surface area contributed by atoms with Crippen molar-refractivity contribution in [1.29, 1.82) is 0 Å². The lowest BCUT2D eigenvalue weighted by Gasteiger charge is -2.40. The van der Waals surface area contributed by atoms with Gasteiger partial charge in [-0.05, 0) is 5.56 Å². The molecule has 0 aromatic heterocycles. The van der Waals surface area contributed by atoms with Crippen LogP contribution in [0.4, 0.5) is 0 Å². The third-order valence-corrected chi connectivity index (χ3v) is 3.48. The van der Waals surface area contributed by atoms with Gasteiger partial charge in [0.2, 0.25) is 0 Å². The lowest BCUT2D eigenvalue weighted by molar-refractivity contribution is -0.227. The summed E-state index contributed by atoms with van der Waals surface area (Å²) in [6, 6.07) is 9.12. The minimum atomic E-state index is -0.950. The fraction of sp³-hybridized carbons (Fsp3) is 0.471. The Hall–Kier alpha value is -2.41. The molecule has 0 spiro atoms. The Balaban J connectivity index is 2.34. The fourth-order valence-corrected chi connectivity index (χ4v) is 2.67. The quantitative estimate of drug-likeness (QED) is 0.609. The first-order chi connectivity index (χ1) is 11.4. The molecule has 1 aliphatic heterocycles. The molecule has 0 radical (unpaired) electrons. The number of carbonyl (C=O) groups is 3. The number of hydrogen-bond acceptors (Lipinski definition) is 7. The lowest BCUT2D eigenvalue weighted by Crippen LogP contribution is -2.54. The molecule has 130 valence electrons. The van der Waals surface area contributed by atoms with E-state index in [1.54, 1.807) is 0 Å². The van der Waals surface area contributed by atoms with Crippen LogP contribution in [0.15, 0.2) is 30.3 Å². The summed E-state index contributed by atoms with van der Waals surface area (Å²) < 4.78 is 21.6. The second-order valence-corrected chi connectivity index (χ2v) is 5.46. The molecule has 4 atom stereocenters. The molecule has 4 unspecified atom stereocenters. The van der Waals surface area contributed by atoms with E-state index in [-0.39, 0.29) is 6.61 Å². The van der Waals surface area contributed by atoms with Crippen LogP contribution in [0, 0.1) is 0 Å². The van der Waals surface area contributed by atoms with Crippen LogP contribution in [0.25, 0.3) is 0 Å². The van der Waals surface area contributed by atoms with Gasteiger partial charge in [-0.15, -0.1) is 0 Å². The minimum absolute atomic E-state index is 0.0227. The fourth-order valence-electron chi connectivity index (χ4n) is 2.67. The molecule has 7 nitrogen and oxygen atoms in total. The molecule has 1 aliphatic rings. The normalized spacial score (nSPS) is 26.3. The van der Waals surface area contributed by atoms with Crippen molar-refractivity contribution in [3.63, 3.8) is 0 Å². The highest BCUT2D eigenvalue weighted by Gasteiger charge is 2.47. The predicted molar refractivity (Wildman–Crippen MR) is 81.8 cm³/mol. The van der Waals surface area contributed by atoms with Crippen LogP contribution in [0.2, 0.25) is 0 Å². The molecule has 1 fully saturated rings. The van der Waals surface area contributed by atoms with Gasteiger partial charge in [0.15, 0.2) is 18.3 Å². The average Bonchev–Trinajstić information content (AvgIpc) is 2.50. The number of benzene rings is 1. The summed E-state index contributed by atoms with van der Waals surface area (Å²) in [5.41, 5.74) is 0.766. The van der Waals surface area contributed by atoms with E-state index in [2.05, 4.69) is 0 Å². The number of hydrogen-bond donors (Lipinski definition) is 0. The maximum Gasteiger partial charge on any atom is 0.303 e. The maximum absolute atomic E-state index is 11.5. The Morgan fingerprint density at radius 1 is 0.875 bits per heavy atom. The van der Waals surface area contributed by atoms with E-state index in [0.717, 1.165) is 5.56 Å². The van der Waals surface area contributed by atoms with Crippen LogP contribution in [0.5, 0.6) is 0 Å². The number of esters is 3. The Morgan fingerprint density at radius 3 is 1.96 bits per heavy atom. The van der Waals surface area contributed by atoms with Crippen LogP contribution >= 0.6 is 0 Å². The smallest absolute Gasteiger partial charge is 0.303 e. The molecule has 0 N–H and O–H groups in total. The molecule has 24 heavy (non-hydrogen) atoms. The molecule has 1 heterocycles. The molecule has 1 aromatic rings. The zero-order chi connectivity index (χ0) is 17.7. The molecular weight excluding hydrogens is 316 g/mol. The van der Waals surface area contributed by atoms with Crippen molar-refractivity contribution < 1.29 is 33.3 Å². The van der Waals surface area contributed by atoms with Crippen LogP contribution in [0.1, 0.15) is 32.4 Å². The molecule has 0 aliphatic carbocycles. The molecular formula is C17H20O7. The zero-order valence-corrected chi connectivity index (χ0v) is 13.8. The zero-order valence-electron chi connectivity index (χ0n) is 13.8. The van der Waals surface area contributed by atoms with Crippen LogP contribution in [-0.2, 0) is 33.3 Å². The SMILES string of the molecule is CC(=O)OC1COC(c2ccccc2)C(OC(C)=O)C1OC(C)=O. The number of ether oxygens (including phenoxy) is 4. The number of rotatable bonds is 4. The van der Waals surface area contributed by atoms with Gasteiger partial charge in [-0.3, -0.25) is 14.4 Å². The second kappa shape index (κ2) is 7.92.